The molecule has 0 bridgehead atoms. The van der Waals surface area contributed by atoms with Crippen molar-refractivity contribution in [1.29, 1.82) is 0 Å². The molecule has 1 N–H and O–H groups in total. The van der Waals surface area contributed by atoms with E-state index >= 15 is 0 Å². The molecule has 0 spiro atoms. The van der Waals surface area contributed by atoms with Crippen molar-refractivity contribution < 1.29 is 5.11 Å². The topological polar surface area (TPSA) is 20.2 Å². The molecule has 0 rings (SSSR count). The van der Waals surface area contributed by atoms with Crippen LogP contribution in [0.1, 0.15) is 27.2 Å². The Bertz CT molecular complexity index is 81.3. The summed E-state index contributed by atoms with van der Waals surface area (Å²) in [6, 6.07) is 0. The van der Waals surface area contributed by atoms with Crippen LogP contribution in [0.25, 0.3) is 0 Å². The molecular weight excluding hydrogens is 243 g/mol. The number of rotatable bonds is 6. The molecule has 0 saturated heterocycles. The number of hydrogen-bond acceptors (Lipinski definition) is 1. The van der Waals surface area contributed by atoms with Crippen molar-refractivity contribution in [3.05, 3.63) is 0 Å². The molecule has 0 aliphatic rings. The molecule has 0 heterocycles. The predicted molar refractivity (Wildman–Crippen MR) is 53.7 cm³/mol. The minimum atomic E-state index is -1.62. The molecule has 0 fully saturated rings. The molecule has 0 aliphatic carbocycles. The average molecular weight is 265 g/mol. The third kappa shape index (κ3) is 3.79. The predicted octanol–water partition coefficient (Wildman–Crippen LogP) is 2.88. The van der Waals surface area contributed by atoms with Gasteiger partial charge in [0.25, 0.3) is 0 Å². The molecule has 68 valence electrons. The van der Waals surface area contributed by atoms with Crippen LogP contribution in [-0.4, -0.2) is 30.1 Å². The van der Waals surface area contributed by atoms with Crippen molar-refractivity contribution in [2.24, 2.45) is 0 Å². The zero-order chi connectivity index (χ0) is 8.74. The Morgan fingerprint density at radius 1 is 1.00 bits per heavy atom. The van der Waals surface area contributed by atoms with Gasteiger partial charge >= 0.3 is 75.0 Å². The molecule has 0 aromatic rings. The molecule has 1 nitrogen and oxygen atoms in total. The van der Waals surface area contributed by atoms with Gasteiger partial charge in [0, 0.05) is 0 Å². The van der Waals surface area contributed by atoms with Crippen LogP contribution in [0.3, 0.4) is 0 Å². The van der Waals surface area contributed by atoms with E-state index in [2.05, 4.69) is 20.8 Å². The first-order valence-corrected chi connectivity index (χ1v) is 12.9. The third-order valence-corrected chi connectivity index (χ3v) is 20.0. The second kappa shape index (κ2) is 6.29. The maximum absolute atomic E-state index is 8.75. The molecule has 0 unspecified atom stereocenters. The van der Waals surface area contributed by atoms with Crippen molar-refractivity contribution >= 4 is 18.4 Å². The van der Waals surface area contributed by atoms with Crippen LogP contribution in [0.2, 0.25) is 17.7 Å². The van der Waals surface area contributed by atoms with E-state index in [9.17, 15) is 0 Å². The van der Waals surface area contributed by atoms with Gasteiger partial charge in [-0.15, -0.1) is 0 Å². The molecular formula is C9H22OSn. The van der Waals surface area contributed by atoms with Crippen LogP contribution in [0.15, 0.2) is 0 Å². The van der Waals surface area contributed by atoms with Crippen molar-refractivity contribution in [2.75, 3.05) is 6.61 Å². The summed E-state index contributed by atoms with van der Waals surface area (Å²) in [5.74, 6) is 0. The summed E-state index contributed by atoms with van der Waals surface area (Å²) in [6.45, 7) is 7.44. The van der Waals surface area contributed by atoms with Crippen LogP contribution in [-0.2, 0) is 0 Å². The van der Waals surface area contributed by atoms with E-state index in [1.807, 2.05) is 0 Å². The SMILES string of the molecule is C[CH2][Sn]([CH2]C)([CH2]C)[CH2]CCO. The van der Waals surface area contributed by atoms with Crippen molar-refractivity contribution in [1.82, 2.24) is 0 Å². The molecule has 2 heteroatoms. The van der Waals surface area contributed by atoms with Gasteiger partial charge in [-0.05, 0) is 0 Å². The van der Waals surface area contributed by atoms with E-state index in [0.717, 1.165) is 6.42 Å². The van der Waals surface area contributed by atoms with Crippen LogP contribution < -0.4 is 0 Å². The molecule has 0 atom stereocenters. The van der Waals surface area contributed by atoms with Crippen LogP contribution >= 0.6 is 0 Å². The molecule has 0 aliphatic heterocycles. The Balaban J connectivity index is 3.84. The molecule has 0 saturated carbocycles. The Morgan fingerprint density at radius 2 is 1.45 bits per heavy atom. The summed E-state index contributed by atoms with van der Waals surface area (Å²) >= 11 is -1.62. The standard InChI is InChI=1S/C3H7O.3C2H5.Sn/c1-2-3-4;3*1-2;/h4H,1-3H2;3*1H2,2H3;. The van der Waals surface area contributed by atoms with Gasteiger partial charge in [0.1, 0.15) is 0 Å². The Labute approximate surface area is 75.1 Å². The first kappa shape index (κ1) is 11.8. The molecule has 0 aromatic carbocycles. The van der Waals surface area contributed by atoms with Crippen molar-refractivity contribution in [3.8, 4) is 0 Å². The van der Waals surface area contributed by atoms with Crippen LogP contribution in [0.5, 0.6) is 0 Å². The zero-order valence-electron chi connectivity index (χ0n) is 8.19. The Hall–Kier alpha value is 0.759. The first-order chi connectivity index (χ1) is 5.24. The van der Waals surface area contributed by atoms with Gasteiger partial charge in [-0.25, -0.2) is 0 Å². The first-order valence-electron chi connectivity index (χ1n) is 4.85. The monoisotopic (exact) mass is 266 g/mol. The fraction of sp³-hybridized carbons (Fsp3) is 1.00. The number of hydrogen-bond donors (Lipinski definition) is 1. The maximum atomic E-state index is 8.75. The van der Waals surface area contributed by atoms with Gasteiger partial charge in [0.15, 0.2) is 0 Å². The molecule has 11 heavy (non-hydrogen) atoms. The third-order valence-electron chi connectivity index (χ3n) is 3.12. The van der Waals surface area contributed by atoms with Crippen molar-refractivity contribution in [2.45, 2.75) is 44.9 Å². The van der Waals surface area contributed by atoms with Crippen LogP contribution in [0, 0.1) is 0 Å². The fourth-order valence-electron chi connectivity index (χ4n) is 1.73. The van der Waals surface area contributed by atoms with Gasteiger partial charge in [-0.3, -0.25) is 0 Å². The van der Waals surface area contributed by atoms with E-state index in [-0.39, 0.29) is 0 Å². The minimum absolute atomic E-state index is 0.401. The van der Waals surface area contributed by atoms with E-state index in [0.29, 0.717) is 6.61 Å². The number of aliphatic hydroxyl groups is 1. The Morgan fingerprint density at radius 3 is 1.73 bits per heavy atom. The second-order valence-electron chi connectivity index (χ2n) is 3.39. The summed E-state index contributed by atoms with van der Waals surface area (Å²) in [6.07, 6.45) is 1.06. The zero-order valence-corrected chi connectivity index (χ0v) is 11.0. The molecule has 0 radical (unpaired) electrons. The number of aliphatic hydroxyl groups excluding tert-OH is 1. The normalized spacial score (nSPS) is 12.0. The molecule has 0 amide bonds. The van der Waals surface area contributed by atoms with Crippen LogP contribution in [0.4, 0.5) is 0 Å². The second-order valence-corrected chi connectivity index (χ2v) is 19.4. The quantitative estimate of drug-likeness (QED) is 0.732. The molecule has 0 aromatic heterocycles. The van der Waals surface area contributed by atoms with Gasteiger partial charge in [-0.2, -0.15) is 0 Å². The van der Waals surface area contributed by atoms with Gasteiger partial charge in [-0.1, -0.05) is 0 Å². The average Bonchev–Trinajstić information content (AvgIpc) is 2.08. The van der Waals surface area contributed by atoms with Gasteiger partial charge < -0.3 is 0 Å². The fourth-order valence-corrected chi connectivity index (χ4v) is 11.6. The van der Waals surface area contributed by atoms with Gasteiger partial charge in [0.2, 0.25) is 0 Å². The summed E-state index contributed by atoms with van der Waals surface area (Å²) in [5.41, 5.74) is 0. The Kier molecular flexibility index (Phi) is 6.73. The summed E-state index contributed by atoms with van der Waals surface area (Å²) < 4.78 is 5.78. The van der Waals surface area contributed by atoms with E-state index in [1.165, 1.54) is 17.7 Å². The van der Waals surface area contributed by atoms with Crippen molar-refractivity contribution in [3.63, 3.8) is 0 Å². The summed E-state index contributed by atoms with van der Waals surface area (Å²) in [5, 5.41) is 8.75. The summed E-state index contributed by atoms with van der Waals surface area (Å²) in [4.78, 5) is 0. The van der Waals surface area contributed by atoms with E-state index < -0.39 is 18.4 Å². The van der Waals surface area contributed by atoms with Gasteiger partial charge in [0.05, 0.1) is 0 Å². The van der Waals surface area contributed by atoms with E-state index in [4.69, 9.17) is 5.11 Å². The van der Waals surface area contributed by atoms with E-state index in [1.54, 1.807) is 0 Å². The summed E-state index contributed by atoms with van der Waals surface area (Å²) in [7, 11) is 0.